The van der Waals surface area contributed by atoms with Crippen molar-refractivity contribution in [3.8, 4) is 0 Å². The second-order valence-electron chi connectivity index (χ2n) is 7.27. The number of rotatable bonds is 7. The third-order valence-electron chi connectivity index (χ3n) is 5.11. The molecule has 154 valence electrons. The minimum atomic E-state index is -2.27. The van der Waals surface area contributed by atoms with Crippen LogP contribution >= 0.6 is 0 Å². The van der Waals surface area contributed by atoms with E-state index in [1.165, 1.54) is 0 Å². The summed E-state index contributed by atoms with van der Waals surface area (Å²) in [5, 5.41) is 11.5. The van der Waals surface area contributed by atoms with E-state index in [4.69, 9.17) is 5.73 Å². The van der Waals surface area contributed by atoms with Crippen LogP contribution in [-0.4, -0.2) is 35.4 Å². The first-order valence-corrected chi connectivity index (χ1v) is 10.7. The molecule has 0 radical (unpaired) electrons. The molecule has 1 aliphatic rings. The third-order valence-corrected chi connectivity index (χ3v) is 5.49. The van der Waals surface area contributed by atoms with Crippen LogP contribution in [0.3, 0.4) is 0 Å². The van der Waals surface area contributed by atoms with Gasteiger partial charge in [0, 0.05) is 54.0 Å². The van der Waals surface area contributed by atoms with Gasteiger partial charge in [0.2, 0.25) is 0 Å². The van der Waals surface area contributed by atoms with E-state index >= 15 is 0 Å². The molecule has 1 fully saturated rings. The quantitative estimate of drug-likeness (QED) is 0.435. The highest BCUT2D eigenvalue weighted by Crippen LogP contribution is 2.26. The lowest BCUT2D eigenvalue weighted by Crippen LogP contribution is -2.33. The standard InChI is InChI=1S/C19H25N7O2S/c20-14-3-7-16(8-4-14)24-18-11-17(19-21-9-10-26(19)25-18)23-15-5-1-13(2-6-15)12-22-29(27)28/h1-2,5-6,9-11,14,16,22-23H,3-4,7-8,12,20H2,(H,24,25)(H,27,28)/p-1. The number of benzene rings is 1. The molecule has 0 aliphatic heterocycles. The number of hydrogen-bond donors (Lipinski definition) is 4. The Labute approximate surface area is 171 Å². The van der Waals surface area contributed by atoms with E-state index in [0.717, 1.165) is 54.1 Å². The Morgan fingerprint density at radius 3 is 2.69 bits per heavy atom. The van der Waals surface area contributed by atoms with Gasteiger partial charge < -0.3 is 20.9 Å². The van der Waals surface area contributed by atoms with Gasteiger partial charge >= 0.3 is 0 Å². The maximum atomic E-state index is 10.6. The van der Waals surface area contributed by atoms with Gasteiger partial charge in [-0.1, -0.05) is 12.1 Å². The van der Waals surface area contributed by atoms with Crippen molar-refractivity contribution in [2.45, 2.75) is 44.3 Å². The number of anilines is 3. The fraction of sp³-hybridized carbons (Fsp3) is 0.368. The largest absolute Gasteiger partial charge is 0.760 e. The van der Waals surface area contributed by atoms with Gasteiger partial charge in [-0.3, -0.25) is 4.21 Å². The van der Waals surface area contributed by atoms with Crippen molar-refractivity contribution in [2.24, 2.45) is 5.73 Å². The van der Waals surface area contributed by atoms with Gasteiger partial charge in [0.1, 0.15) is 5.82 Å². The second-order valence-corrected chi connectivity index (χ2v) is 8.03. The van der Waals surface area contributed by atoms with E-state index in [1.807, 2.05) is 36.5 Å². The average Bonchev–Trinajstić information content (AvgIpc) is 3.18. The zero-order chi connectivity index (χ0) is 20.2. The Morgan fingerprint density at radius 2 is 1.97 bits per heavy atom. The van der Waals surface area contributed by atoms with Crippen molar-refractivity contribution in [1.82, 2.24) is 19.3 Å². The van der Waals surface area contributed by atoms with Gasteiger partial charge in [0.15, 0.2) is 5.65 Å². The van der Waals surface area contributed by atoms with Crippen molar-refractivity contribution in [2.75, 3.05) is 10.6 Å². The molecule has 1 aliphatic carbocycles. The van der Waals surface area contributed by atoms with Crippen molar-refractivity contribution in [3.05, 3.63) is 48.3 Å². The molecule has 1 atom stereocenters. The molecular formula is C19H24N7O2S-. The molecule has 5 N–H and O–H groups in total. The fourth-order valence-electron chi connectivity index (χ4n) is 3.56. The molecule has 2 heterocycles. The summed E-state index contributed by atoms with van der Waals surface area (Å²) in [6.45, 7) is 0.259. The Kier molecular flexibility index (Phi) is 6.05. The van der Waals surface area contributed by atoms with Crippen LogP contribution in [0.2, 0.25) is 0 Å². The molecule has 29 heavy (non-hydrogen) atoms. The van der Waals surface area contributed by atoms with Crippen LogP contribution in [0.1, 0.15) is 31.2 Å². The lowest BCUT2D eigenvalue weighted by Gasteiger charge is -2.27. The van der Waals surface area contributed by atoms with Crippen LogP contribution in [0.25, 0.3) is 5.65 Å². The zero-order valence-electron chi connectivity index (χ0n) is 15.9. The van der Waals surface area contributed by atoms with Gasteiger partial charge in [-0.2, -0.15) is 0 Å². The van der Waals surface area contributed by atoms with E-state index in [9.17, 15) is 8.76 Å². The van der Waals surface area contributed by atoms with Crippen molar-refractivity contribution < 1.29 is 8.76 Å². The normalized spacial score (nSPS) is 20.5. The van der Waals surface area contributed by atoms with Crippen LogP contribution in [-0.2, 0) is 17.8 Å². The fourth-order valence-corrected chi connectivity index (χ4v) is 3.84. The SMILES string of the molecule is NC1CCC(Nc2cc(Nc3ccc(CNS(=O)[O-])cc3)c3nccn3n2)CC1. The average molecular weight is 415 g/mol. The van der Waals surface area contributed by atoms with Crippen molar-refractivity contribution >= 4 is 34.1 Å². The lowest BCUT2D eigenvalue weighted by atomic mass is 9.92. The Balaban J connectivity index is 1.50. The van der Waals surface area contributed by atoms with E-state index in [2.05, 4.69) is 25.4 Å². The number of imidazole rings is 1. The highest BCUT2D eigenvalue weighted by molar-refractivity contribution is 7.77. The number of fused-ring (bicyclic) bond motifs is 1. The molecule has 10 heteroatoms. The second kappa shape index (κ2) is 8.87. The molecule has 1 saturated carbocycles. The van der Waals surface area contributed by atoms with E-state index < -0.39 is 11.3 Å². The van der Waals surface area contributed by atoms with E-state index in [1.54, 1.807) is 10.7 Å². The van der Waals surface area contributed by atoms with E-state index in [0.29, 0.717) is 12.1 Å². The Morgan fingerprint density at radius 1 is 1.21 bits per heavy atom. The summed E-state index contributed by atoms with van der Waals surface area (Å²) in [6, 6.07) is 10.2. The number of nitrogens with two attached hydrogens (primary N) is 1. The predicted molar refractivity (Wildman–Crippen MR) is 112 cm³/mol. The molecule has 0 spiro atoms. The van der Waals surface area contributed by atoms with Crippen molar-refractivity contribution in [1.29, 1.82) is 0 Å². The summed E-state index contributed by atoms with van der Waals surface area (Å²) in [5.74, 6) is 0.789. The monoisotopic (exact) mass is 414 g/mol. The summed E-state index contributed by atoms with van der Waals surface area (Å²) < 4.78 is 25.3. The maximum absolute atomic E-state index is 10.6. The minimum absolute atomic E-state index is 0.259. The molecule has 2 aromatic heterocycles. The molecule has 1 aromatic carbocycles. The third kappa shape index (κ3) is 5.10. The number of aromatic nitrogens is 3. The number of nitrogens with zero attached hydrogens (tertiary/aromatic N) is 3. The predicted octanol–water partition coefficient (Wildman–Crippen LogP) is 2.04. The van der Waals surface area contributed by atoms with Gasteiger partial charge in [-0.05, 0) is 43.4 Å². The first-order valence-electron chi connectivity index (χ1n) is 9.62. The van der Waals surface area contributed by atoms with Gasteiger partial charge in [0.25, 0.3) is 0 Å². The van der Waals surface area contributed by atoms with Crippen LogP contribution in [0.15, 0.2) is 42.7 Å². The summed E-state index contributed by atoms with van der Waals surface area (Å²) in [6.07, 6.45) is 7.66. The van der Waals surface area contributed by atoms with Crippen LogP contribution in [0, 0.1) is 0 Å². The summed E-state index contributed by atoms with van der Waals surface area (Å²) in [5.41, 5.74) is 9.33. The summed E-state index contributed by atoms with van der Waals surface area (Å²) >= 11 is -2.27. The molecule has 0 amide bonds. The Bertz CT molecular complexity index is 984. The zero-order valence-corrected chi connectivity index (χ0v) is 16.7. The molecule has 4 rings (SSSR count). The smallest absolute Gasteiger partial charge is 0.177 e. The Hall–Kier alpha value is -2.53. The van der Waals surface area contributed by atoms with Crippen molar-refractivity contribution in [3.63, 3.8) is 0 Å². The molecule has 3 aromatic rings. The molecule has 9 nitrogen and oxygen atoms in total. The minimum Gasteiger partial charge on any atom is -0.760 e. The molecule has 1 unspecified atom stereocenters. The van der Waals surface area contributed by atoms with Gasteiger partial charge in [-0.15, -0.1) is 5.10 Å². The highest BCUT2D eigenvalue weighted by Gasteiger charge is 2.19. The molecule has 0 saturated heterocycles. The lowest BCUT2D eigenvalue weighted by molar-refractivity contribution is 0.410. The van der Waals surface area contributed by atoms with Gasteiger partial charge in [-0.25, -0.2) is 14.2 Å². The first kappa shape index (κ1) is 19.8. The summed E-state index contributed by atoms with van der Waals surface area (Å²) in [7, 11) is 0. The topological polar surface area (TPSA) is 132 Å². The number of hydrogen-bond acceptors (Lipinski definition) is 7. The molecule has 0 bridgehead atoms. The number of nitrogens with one attached hydrogen (secondary N) is 3. The van der Waals surface area contributed by atoms with Crippen LogP contribution in [0.4, 0.5) is 17.2 Å². The van der Waals surface area contributed by atoms with Gasteiger partial charge in [0.05, 0.1) is 5.69 Å². The first-order chi connectivity index (χ1) is 14.1. The molecular weight excluding hydrogens is 390 g/mol. The summed E-state index contributed by atoms with van der Waals surface area (Å²) in [4.78, 5) is 4.39. The maximum Gasteiger partial charge on any atom is 0.177 e. The van der Waals surface area contributed by atoms with Crippen LogP contribution in [0.5, 0.6) is 0 Å². The highest BCUT2D eigenvalue weighted by atomic mass is 32.2. The van der Waals surface area contributed by atoms with E-state index in [-0.39, 0.29) is 6.54 Å². The van der Waals surface area contributed by atoms with Crippen LogP contribution < -0.4 is 21.1 Å².